The maximum atomic E-state index is 5.22. The summed E-state index contributed by atoms with van der Waals surface area (Å²) in [5.41, 5.74) is 1.15. The Bertz CT molecular complexity index is 299. The first-order valence-corrected chi connectivity index (χ1v) is 6.57. The van der Waals surface area contributed by atoms with Gasteiger partial charge in [-0.2, -0.15) is 0 Å². The van der Waals surface area contributed by atoms with Gasteiger partial charge in [-0.25, -0.2) is 0 Å². The van der Waals surface area contributed by atoms with Crippen molar-refractivity contribution in [3.63, 3.8) is 0 Å². The third-order valence-electron chi connectivity index (χ3n) is 2.87. The summed E-state index contributed by atoms with van der Waals surface area (Å²) < 4.78 is 5.22. The number of nitrogens with zero attached hydrogens (tertiary/aromatic N) is 2. The largest absolute Gasteiger partial charge is 0.383 e. The predicted octanol–water partition coefficient (Wildman–Crippen LogP) is 1.18. The van der Waals surface area contributed by atoms with Crippen molar-refractivity contribution in [2.45, 2.75) is 19.4 Å². The fourth-order valence-electron chi connectivity index (χ4n) is 1.98. The van der Waals surface area contributed by atoms with Crippen molar-refractivity contribution in [1.82, 2.24) is 15.2 Å². The summed E-state index contributed by atoms with van der Waals surface area (Å²) in [5.74, 6) is 0. The molecule has 18 heavy (non-hydrogen) atoms. The van der Waals surface area contributed by atoms with Crippen LogP contribution in [0, 0.1) is 0 Å². The Morgan fingerprint density at radius 3 is 2.89 bits per heavy atom. The van der Waals surface area contributed by atoms with Crippen molar-refractivity contribution < 1.29 is 4.74 Å². The molecule has 0 aliphatic carbocycles. The first kappa shape index (κ1) is 15.1. The molecule has 1 heterocycles. The van der Waals surface area contributed by atoms with Crippen LogP contribution in [-0.2, 0) is 11.2 Å². The maximum absolute atomic E-state index is 5.22. The first-order chi connectivity index (χ1) is 8.76. The molecular formula is C14H25N3O. The van der Waals surface area contributed by atoms with Gasteiger partial charge in [-0.1, -0.05) is 13.0 Å². The Morgan fingerprint density at radius 1 is 1.44 bits per heavy atom. The monoisotopic (exact) mass is 251 g/mol. The molecular weight excluding hydrogens is 226 g/mol. The van der Waals surface area contributed by atoms with Gasteiger partial charge in [-0.3, -0.25) is 4.98 Å². The molecule has 0 saturated carbocycles. The fourth-order valence-corrected chi connectivity index (χ4v) is 1.98. The minimum Gasteiger partial charge on any atom is -0.383 e. The molecule has 0 radical (unpaired) electrons. The van der Waals surface area contributed by atoms with E-state index >= 15 is 0 Å². The van der Waals surface area contributed by atoms with Gasteiger partial charge >= 0.3 is 0 Å². The van der Waals surface area contributed by atoms with Crippen molar-refractivity contribution in [3.8, 4) is 0 Å². The van der Waals surface area contributed by atoms with Crippen molar-refractivity contribution >= 4 is 0 Å². The van der Waals surface area contributed by atoms with Gasteiger partial charge in [0.15, 0.2) is 0 Å². The second kappa shape index (κ2) is 9.03. The maximum Gasteiger partial charge on any atom is 0.0628 e. The number of methoxy groups -OCH3 is 1. The molecule has 1 aromatic rings. The standard InChI is InChI=1S/C14H25N3O/c1-4-15-14(12-18-3)11-17(2)10-8-13-7-5-6-9-16-13/h5-7,9,14-15H,4,8,10-12H2,1-3H3. The second-order valence-electron chi connectivity index (χ2n) is 4.54. The number of nitrogens with one attached hydrogen (secondary N) is 1. The highest BCUT2D eigenvalue weighted by Gasteiger charge is 2.10. The number of ether oxygens (including phenoxy) is 1. The van der Waals surface area contributed by atoms with Gasteiger partial charge in [-0.05, 0) is 25.7 Å². The van der Waals surface area contributed by atoms with Crippen LogP contribution in [0.3, 0.4) is 0 Å². The van der Waals surface area contributed by atoms with Crippen LogP contribution in [0.4, 0.5) is 0 Å². The minimum absolute atomic E-state index is 0.397. The minimum atomic E-state index is 0.397. The van der Waals surface area contributed by atoms with Crippen LogP contribution >= 0.6 is 0 Å². The van der Waals surface area contributed by atoms with Crippen LogP contribution in [0.5, 0.6) is 0 Å². The van der Waals surface area contributed by atoms with Crippen LogP contribution in [0.1, 0.15) is 12.6 Å². The fraction of sp³-hybridized carbons (Fsp3) is 0.643. The van der Waals surface area contributed by atoms with Crippen molar-refractivity contribution in [2.24, 2.45) is 0 Å². The molecule has 1 N–H and O–H groups in total. The molecule has 0 aliphatic heterocycles. The van der Waals surface area contributed by atoms with E-state index in [0.29, 0.717) is 6.04 Å². The lowest BCUT2D eigenvalue weighted by Gasteiger charge is -2.24. The number of rotatable bonds is 9. The molecule has 0 saturated heterocycles. The molecule has 0 amide bonds. The molecule has 0 bridgehead atoms. The molecule has 102 valence electrons. The number of pyridine rings is 1. The lowest BCUT2D eigenvalue weighted by molar-refractivity contribution is 0.146. The SMILES string of the molecule is CCNC(COC)CN(C)CCc1ccccn1. The zero-order valence-electron chi connectivity index (χ0n) is 11.7. The molecule has 0 aromatic carbocycles. The number of hydrogen-bond donors (Lipinski definition) is 1. The average Bonchev–Trinajstić information content (AvgIpc) is 2.38. The van der Waals surface area contributed by atoms with Crippen molar-refractivity contribution in [2.75, 3.05) is 40.4 Å². The highest BCUT2D eigenvalue weighted by atomic mass is 16.5. The van der Waals surface area contributed by atoms with Gasteiger partial charge < -0.3 is 15.0 Å². The Balaban J connectivity index is 2.29. The molecule has 0 spiro atoms. The first-order valence-electron chi connectivity index (χ1n) is 6.57. The molecule has 0 aliphatic rings. The number of hydrogen-bond acceptors (Lipinski definition) is 4. The lowest BCUT2D eigenvalue weighted by Crippen LogP contribution is -2.43. The van der Waals surface area contributed by atoms with E-state index in [4.69, 9.17) is 4.74 Å². The van der Waals surface area contributed by atoms with E-state index in [-0.39, 0.29) is 0 Å². The van der Waals surface area contributed by atoms with Crippen LogP contribution in [0.2, 0.25) is 0 Å². The van der Waals surface area contributed by atoms with E-state index in [1.54, 1.807) is 7.11 Å². The van der Waals surface area contributed by atoms with Crippen LogP contribution in [0.25, 0.3) is 0 Å². The van der Waals surface area contributed by atoms with E-state index in [1.165, 1.54) is 0 Å². The van der Waals surface area contributed by atoms with Gasteiger partial charge in [0.25, 0.3) is 0 Å². The van der Waals surface area contributed by atoms with Gasteiger partial charge in [0, 0.05) is 44.6 Å². The van der Waals surface area contributed by atoms with Crippen LogP contribution < -0.4 is 5.32 Å². The summed E-state index contributed by atoms with van der Waals surface area (Å²) in [5, 5.41) is 3.43. The average molecular weight is 251 g/mol. The Kier molecular flexibility index (Phi) is 7.57. The highest BCUT2D eigenvalue weighted by molar-refractivity contribution is 5.03. The summed E-state index contributed by atoms with van der Waals surface area (Å²) in [4.78, 5) is 6.66. The molecule has 4 nitrogen and oxygen atoms in total. The van der Waals surface area contributed by atoms with Gasteiger partial charge in [0.05, 0.1) is 6.61 Å². The number of aromatic nitrogens is 1. The second-order valence-corrected chi connectivity index (χ2v) is 4.54. The molecule has 4 heteroatoms. The molecule has 0 fully saturated rings. The predicted molar refractivity (Wildman–Crippen MR) is 74.8 cm³/mol. The van der Waals surface area contributed by atoms with E-state index in [2.05, 4.69) is 35.2 Å². The highest BCUT2D eigenvalue weighted by Crippen LogP contribution is 1.98. The van der Waals surface area contributed by atoms with Gasteiger partial charge in [-0.15, -0.1) is 0 Å². The summed E-state index contributed by atoms with van der Waals surface area (Å²) in [6.45, 7) is 5.86. The Morgan fingerprint density at radius 2 is 2.28 bits per heavy atom. The van der Waals surface area contributed by atoms with Crippen molar-refractivity contribution in [3.05, 3.63) is 30.1 Å². The number of likely N-dealkylation sites (N-methyl/N-ethyl adjacent to an activating group) is 2. The van der Waals surface area contributed by atoms with Gasteiger partial charge in [0.1, 0.15) is 0 Å². The smallest absolute Gasteiger partial charge is 0.0628 e. The third-order valence-corrected chi connectivity index (χ3v) is 2.87. The van der Waals surface area contributed by atoms with Crippen LogP contribution in [-0.4, -0.2) is 56.3 Å². The zero-order chi connectivity index (χ0) is 13.2. The lowest BCUT2D eigenvalue weighted by atomic mass is 10.2. The van der Waals surface area contributed by atoms with Crippen molar-refractivity contribution in [1.29, 1.82) is 0 Å². The van der Waals surface area contributed by atoms with E-state index < -0.39 is 0 Å². The molecule has 1 rings (SSSR count). The normalized spacial score (nSPS) is 12.9. The molecule has 1 aromatic heterocycles. The topological polar surface area (TPSA) is 37.4 Å². The zero-order valence-corrected chi connectivity index (χ0v) is 11.7. The summed E-state index contributed by atoms with van der Waals surface area (Å²) in [6.07, 6.45) is 2.84. The summed E-state index contributed by atoms with van der Waals surface area (Å²) in [6, 6.07) is 6.46. The van der Waals surface area contributed by atoms with E-state index in [0.717, 1.165) is 38.4 Å². The summed E-state index contributed by atoms with van der Waals surface area (Å²) >= 11 is 0. The Hall–Kier alpha value is -0.970. The van der Waals surface area contributed by atoms with Gasteiger partial charge in [0.2, 0.25) is 0 Å². The molecule has 1 unspecified atom stereocenters. The van der Waals surface area contributed by atoms with Crippen LogP contribution in [0.15, 0.2) is 24.4 Å². The third kappa shape index (κ3) is 6.10. The quantitative estimate of drug-likeness (QED) is 0.715. The Labute approximate surface area is 110 Å². The summed E-state index contributed by atoms with van der Waals surface area (Å²) in [7, 11) is 3.89. The van der Waals surface area contributed by atoms with E-state index in [9.17, 15) is 0 Å². The molecule has 1 atom stereocenters. The van der Waals surface area contributed by atoms with E-state index in [1.807, 2.05) is 18.3 Å².